The molecule has 30 heavy (non-hydrogen) atoms. The van der Waals surface area contributed by atoms with Gasteiger partial charge in [-0.25, -0.2) is 0 Å². The molecule has 1 fully saturated rings. The number of benzene rings is 1. The van der Waals surface area contributed by atoms with E-state index in [2.05, 4.69) is 37.0 Å². The molecule has 1 N–H and O–H groups in total. The number of aryl methyl sites for hydroxylation is 3. The number of carbonyl (C=O) groups excluding carboxylic acids is 1. The summed E-state index contributed by atoms with van der Waals surface area (Å²) < 4.78 is 0. The Morgan fingerprint density at radius 3 is 2.10 bits per heavy atom. The third-order valence-corrected chi connectivity index (χ3v) is 6.14. The van der Waals surface area contributed by atoms with E-state index in [1.54, 1.807) is 0 Å². The lowest BCUT2D eigenvalue weighted by molar-refractivity contribution is 0.0155. The van der Waals surface area contributed by atoms with Gasteiger partial charge in [0.1, 0.15) is 0 Å². The topological polar surface area (TPSA) is 50.2 Å². The van der Waals surface area contributed by atoms with Crippen LogP contribution in [0.25, 0.3) is 11.1 Å². The van der Waals surface area contributed by atoms with Crippen LogP contribution in [-0.4, -0.2) is 21.5 Å². The van der Waals surface area contributed by atoms with Gasteiger partial charge in [0.2, 0.25) is 0 Å². The Balaban J connectivity index is 0.000000297. The Hall–Kier alpha value is -2.00. The van der Waals surface area contributed by atoms with E-state index < -0.39 is 5.60 Å². The first-order valence-electron chi connectivity index (χ1n) is 11.3. The summed E-state index contributed by atoms with van der Waals surface area (Å²) in [5, 5.41) is 9.50. The van der Waals surface area contributed by atoms with E-state index in [1.165, 1.54) is 12.8 Å². The van der Waals surface area contributed by atoms with Crippen molar-refractivity contribution < 1.29 is 9.90 Å². The number of nitrogens with zero attached hydrogens (tertiary/aromatic N) is 1. The van der Waals surface area contributed by atoms with E-state index in [0.29, 0.717) is 5.92 Å². The van der Waals surface area contributed by atoms with E-state index in [-0.39, 0.29) is 11.7 Å². The van der Waals surface area contributed by atoms with Crippen molar-refractivity contribution in [1.82, 2.24) is 4.98 Å². The number of hydrogen-bond donors (Lipinski definition) is 1. The maximum atomic E-state index is 12.7. The van der Waals surface area contributed by atoms with Crippen molar-refractivity contribution in [3.8, 4) is 11.1 Å². The summed E-state index contributed by atoms with van der Waals surface area (Å²) in [5.74, 6) is 1.51. The van der Waals surface area contributed by atoms with E-state index >= 15 is 0 Å². The molecule has 164 valence electrons. The van der Waals surface area contributed by atoms with Crippen LogP contribution in [0, 0.1) is 31.6 Å². The molecule has 3 rings (SSSR count). The minimum Gasteiger partial charge on any atom is -0.390 e. The summed E-state index contributed by atoms with van der Waals surface area (Å²) in [6.45, 7) is 15.9. The zero-order valence-corrected chi connectivity index (χ0v) is 20.0. The van der Waals surface area contributed by atoms with Gasteiger partial charge in [-0.3, -0.25) is 9.78 Å². The Morgan fingerprint density at radius 1 is 1.13 bits per heavy atom. The zero-order chi connectivity index (χ0) is 22.6. The number of rotatable bonds is 6. The van der Waals surface area contributed by atoms with Gasteiger partial charge < -0.3 is 5.11 Å². The lowest BCUT2D eigenvalue weighted by Crippen LogP contribution is -2.29. The third kappa shape index (κ3) is 6.25. The second-order valence-electron chi connectivity index (χ2n) is 9.63. The molecule has 0 saturated heterocycles. The number of ketones is 1. The first-order chi connectivity index (χ1) is 14.0. The summed E-state index contributed by atoms with van der Waals surface area (Å²) >= 11 is 0. The molecule has 2 aromatic rings. The fraction of sp³-hybridized carbons (Fsp3) is 0.556. The molecule has 1 unspecified atom stereocenters. The molecule has 0 aliphatic heterocycles. The predicted molar refractivity (Wildman–Crippen MR) is 126 cm³/mol. The number of aromatic nitrogens is 1. The van der Waals surface area contributed by atoms with Crippen LogP contribution in [0.1, 0.15) is 81.7 Å². The molecular formula is C27H39NO2. The van der Waals surface area contributed by atoms with Gasteiger partial charge in [0.15, 0.2) is 5.78 Å². The van der Waals surface area contributed by atoms with Gasteiger partial charge in [-0.2, -0.15) is 0 Å². The van der Waals surface area contributed by atoms with Gasteiger partial charge in [-0.1, -0.05) is 45.9 Å². The molecule has 1 aliphatic carbocycles. The highest BCUT2D eigenvalue weighted by Gasteiger charge is 2.36. The Morgan fingerprint density at radius 2 is 1.70 bits per heavy atom. The molecular weight excluding hydrogens is 370 g/mol. The molecule has 0 radical (unpaired) electrons. The maximum Gasteiger partial charge on any atom is 0.166 e. The minimum atomic E-state index is -0.457. The minimum absolute atomic E-state index is 0.000445. The van der Waals surface area contributed by atoms with E-state index in [0.717, 1.165) is 46.0 Å². The van der Waals surface area contributed by atoms with Crippen LogP contribution in [-0.2, 0) is 6.42 Å². The lowest BCUT2D eigenvalue weighted by Gasteiger charge is -2.25. The first-order valence-corrected chi connectivity index (χ1v) is 11.3. The van der Waals surface area contributed by atoms with Crippen LogP contribution >= 0.6 is 0 Å². The molecule has 1 heterocycles. The molecule has 1 aliphatic rings. The van der Waals surface area contributed by atoms with Crippen molar-refractivity contribution in [1.29, 1.82) is 0 Å². The maximum absolute atomic E-state index is 12.7. The highest BCUT2D eigenvalue weighted by Crippen LogP contribution is 2.41. The van der Waals surface area contributed by atoms with E-state index in [9.17, 15) is 9.90 Å². The first kappa shape index (κ1) is 24.3. The van der Waals surface area contributed by atoms with E-state index in [1.807, 2.05) is 53.7 Å². The fourth-order valence-corrected chi connectivity index (χ4v) is 3.88. The highest BCUT2D eigenvalue weighted by atomic mass is 16.3. The number of hydrogen-bond acceptors (Lipinski definition) is 3. The molecule has 1 atom stereocenters. The largest absolute Gasteiger partial charge is 0.390 e. The van der Waals surface area contributed by atoms with Crippen LogP contribution in [0.3, 0.4) is 0 Å². The molecule has 0 bridgehead atoms. The predicted octanol–water partition coefficient (Wildman–Crippen LogP) is 6.57. The van der Waals surface area contributed by atoms with Crippen LogP contribution in [0.2, 0.25) is 0 Å². The number of carbonyl (C=O) groups is 1. The van der Waals surface area contributed by atoms with Crippen molar-refractivity contribution in [2.45, 2.75) is 80.3 Å². The van der Waals surface area contributed by atoms with Gasteiger partial charge in [0.25, 0.3) is 0 Å². The number of Topliss-reactive ketones (excluding diaryl/α,β-unsaturated/α-hetero) is 1. The molecule has 1 aromatic heterocycles. The second kappa shape index (κ2) is 9.87. The van der Waals surface area contributed by atoms with Crippen LogP contribution in [0.5, 0.6) is 0 Å². The van der Waals surface area contributed by atoms with E-state index in [4.69, 9.17) is 0 Å². The Kier molecular flexibility index (Phi) is 7.99. The van der Waals surface area contributed by atoms with Gasteiger partial charge >= 0.3 is 0 Å². The quantitative estimate of drug-likeness (QED) is 0.549. The second-order valence-corrected chi connectivity index (χ2v) is 9.63. The van der Waals surface area contributed by atoms with Gasteiger partial charge in [0, 0.05) is 22.9 Å². The van der Waals surface area contributed by atoms with Crippen molar-refractivity contribution in [3.05, 3.63) is 52.8 Å². The molecule has 3 nitrogen and oxygen atoms in total. The van der Waals surface area contributed by atoms with Gasteiger partial charge in [-0.15, -0.1) is 0 Å². The summed E-state index contributed by atoms with van der Waals surface area (Å²) in [6.07, 6.45) is 3.51. The molecule has 3 heteroatoms. The monoisotopic (exact) mass is 409 g/mol. The highest BCUT2D eigenvalue weighted by molar-refractivity contribution is 6.04. The smallest absolute Gasteiger partial charge is 0.166 e. The Labute approximate surface area is 183 Å². The molecule has 0 spiro atoms. The van der Waals surface area contributed by atoms with Gasteiger partial charge in [0.05, 0.1) is 5.60 Å². The fourth-order valence-electron chi connectivity index (χ4n) is 3.88. The average Bonchev–Trinajstić information content (AvgIpc) is 3.50. The number of pyridine rings is 1. The summed E-state index contributed by atoms with van der Waals surface area (Å²) in [4.78, 5) is 17.1. The SMILES string of the molecule is CC(C1CC1)C(C)(C)O.CCc1cccc(-c2cc(C)nc(C)c2)c1C(=O)C(C)C. The van der Waals surface area contributed by atoms with Crippen molar-refractivity contribution >= 4 is 5.78 Å². The molecule has 1 aromatic carbocycles. The lowest BCUT2D eigenvalue weighted by atomic mass is 9.88. The standard InChI is InChI=1S/C19H23NO.C8H16O/c1-6-15-8-7-9-17(18(15)19(21)12(2)3)16-10-13(4)20-14(5)11-16;1-6(7-4-5-7)8(2,3)9/h7-12H,6H2,1-5H3;6-7,9H,4-5H2,1-3H3. The third-order valence-electron chi connectivity index (χ3n) is 6.14. The zero-order valence-electron chi connectivity index (χ0n) is 20.0. The summed E-state index contributed by atoms with van der Waals surface area (Å²) in [6, 6.07) is 10.2. The summed E-state index contributed by atoms with van der Waals surface area (Å²) in [5.41, 5.74) is 5.62. The van der Waals surface area contributed by atoms with Crippen molar-refractivity contribution in [2.24, 2.45) is 17.8 Å². The summed E-state index contributed by atoms with van der Waals surface area (Å²) in [7, 11) is 0. The number of aliphatic hydroxyl groups is 1. The normalized spacial score (nSPS) is 14.9. The van der Waals surface area contributed by atoms with Crippen LogP contribution in [0.15, 0.2) is 30.3 Å². The van der Waals surface area contributed by atoms with Crippen molar-refractivity contribution in [3.63, 3.8) is 0 Å². The van der Waals surface area contributed by atoms with Crippen LogP contribution < -0.4 is 0 Å². The molecule has 1 saturated carbocycles. The average molecular weight is 410 g/mol. The van der Waals surface area contributed by atoms with Crippen molar-refractivity contribution in [2.75, 3.05) is 0 Å². The molecule has 0 amide bonds. The Bertz CT molecular complexity index is 853. The van der Waals surface area contributed by atoms with Gasteiger partial charge in [-0.05, 0) is 87.6 Å². The van der Waals surface area contributed by atoms with Crippen LogP contribution in [0.4, 0.5) is 0 Å².